The van der Waals surface area contributed by atoms with Crippen LogP contribution in [0.25, 0.3) is 10.9 Å². The van der Waals surface area contributed by atoms with Crippen molar-refractivity contribution in [1.82, 2.24) is 20.1 Å². The van der Waals surface area contributed by atoms with Crippen LogP contribution in [-0.4, -0.2) is 44.3 Å². The lowest BCUT2D eigenvalue weighted by Gasteiger charge is -2.38. The van der Waals surface area contributed by atoms with Crippen molar-refractivity contribution in [2.24, 2.45) is 11.7 Å². The van der Waals surface area contributed by atoms with Gasteiger partial charge in [0.15, 0.2) is 0 Å². The van der Waals surface area contributed by atoms with Gasteiger partial charge < -0.3 is 16.0 Å². The summed E-state index contributed by atoms with van der Waals surface area (Å²) in [7, 11) is 0. The number of nitrogens with zero attached hydrogens (tertiary/aromatic N) is 3. The summed E-state index contributed by atoms with van der Waals surface area (Å²) in [6.45, 7) is 2.36. The number of piperidine rings is 1. The molecule has 1 aromatic carbocycles. The van der Waals surface area contributed by atoms with Gasteiger partial charge >= 0.3 is 11.8 Å². The third-order valence-electron chi connectivity index (χ3n) is 5.46. The molecule has 0 spiro atoms. The fourth-order valence-corrected chi connectivity index (χ4v) is 3.91. The maximum atomic E-state index is 14.5. The van der Waals surface area contributed by atoms with E-state index >= 15 is 0 Å². The number of carbonyl (C=O) groups excluding carboxylic acids is 3. The molecule has 4 rings (SSSR count). The highest BCUT2D eigenvalue weighted by molar-refractivity contribution is 6.39. The molecule has 3 amide bonds. The molecule has 0 unspecified atom stereocenters. The first-order valence-electron chi connectivity index (χ1n) is 9.83. The smallest absolute Gasteiger partial charge is 0.313 e. The zero-order chi connectivity index (χ0) is 22.1. The summed E-state index contributed by atoms with van der Waals surface area (Å²) in [5.74, 6) is -2.58. The number of anilines is 1. The Kier molecular flexibility index (Phi) is 5.37. The standard InChI is InChI=1S/C21H21FN6O3/c1-11-2-3-17(12-4-13-8-25-27-18(13)16(22)6-12)28(10-11)21(31)20(30)26-15-5-14(19(23)29)7-24-9-15/h4-9,11,17H,2-3,10H2,1H3,(H2,23,29)(H,25,27)(H,26,30)/t11-,17+/m0/s1. The van der Waals surface area contributed by atoms with Gasteiger partial charge in [-0.15, -0.1) is 0 Å². The first-order chi connectivity index (χ1) is 14.8. The summed E-state index contributed by atoms with van der Waals surface area (Å²) < 4.78 is 14.5. The first-order valence-corrected chi connectivity index (χ1v) is 9.83. The summed E-state index contributed by atoms with van der Waals surface area (Å²) in [6, 6.07) is 4.05. The van der Waals surface area contributed by atoms with Gasteiger partial charge in [-0.2, -0.15) is 5.10 Å². The van der Waals surface area contributed by atoms with Crippen molar-refractivity contribution in [3.05, 3.63) is 53.7 Å². The van der Waals surface area contributed by atoms with Crippen LogP contribution in [0.1, 0.15) is 41.7 Å². The van der Waals surface area contributed by atoms with Crippen LogP contribution in [0.5, 0.6) is 0 Å². The molecule has 0 radical (unpaired) electrons. The van der Waals surface area contributed by atoms with Crippen LogP contribution in [0.2, 0.25) is 0 Å². The van der Waals surface area contributed by atoms with Crippen LogP contribution < -0.4 is 11.1 Å². The number of hydrogen-bond donors (Lipinski definition) is 3. The van der Waals surface area contributed by atoms with Crippen molar-refractivity contribution in [2.75, 3.05) is 11.9 Å². The number of primary amides is 1. The van der Waals surface area contributed by atoms with Gasteiger partial charge in [-0.05, 0) is 42.5 Å². The molecule has 3 heterocycles. The lowest BCUT2D eigenvalue weighted by Crippen LogP contribution is -2.46. The number of nitrogens with two attached hydrogens (primary N) is 1. The lowest BCUT2D eigenvalue weighted by molar-refractivity contribution is -0.146. The third-order valence-corrected chi connectivity index (χ3v) is 5.46. The molecular formula is C21H21FN6O3. The normalized spacial score (nSPS) is 18.7. The fraction of sp³-hybridized carbons (Fsp3) is 0.286. The third kappa shape index (κ3) is 4.09. The SMILES string of the molecule is C[C@H]1CC[C@H](c2cc(F)c3[nH]ncc3c2)N(C(=O)C(=O)Nc2cncc(C(N)=O)c2)C1. The molecule has 2 atom stereocenters. The second-order valence-electron chi connectivity index (χ2n) is 7.77. The summed E-state index contributed by atoms with van der Waals surface area (Å²) in [5.41, 5.74) is 6.42. The molecule has 1 saturated heterocycles. The summed E-state index contributed by atoms with van der Waals surface area (Å²) in [6.07, 6.45) is 5.54. The Morgan fingerprint density at radius 2 is 2.00 bits per heavy atom. The number of aromatic amines is 1. The Hall–Kier alpha value is -3.82. The highest BCUT2D eigenvalue weighted by atomic mass is 19.1. The van der Waals surface area contributed by atoms with Gasteiger partial charge in [0.25, 0.3) is 0 Å². The molecule has 4 N–H and O–H groups in total. The fourth-order valence-electron chi connectivity index (χ4n) is 3.91. The number of rotatable bonds is 3. The van der Waals surface area contributed by atoms with E-state index in [0.717, 1.165) is 6.42 Å². The van der Waals surface area contributed by atoms with Crippen LogP contribution in [0, 0.1) is 11.7 Å². The molecule has 0 aliphatic carbocycles. The van der Waals surface area contributed by atoms with E-state index in [1.54, 1.807) is 6.07 Å². The number of pyridine rings is 1. The van der Waals surface area contributed by atoms with Crippen LogP contribution in [0.4, 0.5) is 10.1 Å². The van der Waals surface area contributed by atoms with Crippen molar-refractivity contribution in [1.29, 1.82) is 0 Å². The van der Waals surface area contributed by atoms with E-state index in [1.165, 1.54) is 35.6 Å². The highest BCUT2D eigenvalue weighted by Gasteiger charge is 2.34. The molecule has 1 aliphatic heterocycles. The molecule has 0 saturated carbocycles. The average Bonchev–Trinajstić information content (AvgIpc) is 3.22. The van der Waals surface area contributed by atoms with E-state index < -0.39 is 29.6 Å². The maximum absolute atomic E-state index is 14.5. The average molecular weight is 424 g/mol. The molecule has 3 aromatic rings. The summed E-state index contributed by atoms with van der Waals surface area (Å²) in [5, 5.41) is 9.53. The molecular weight excluding hydrogens is 403 g/mol. The number of H-pyrrole nitrogens is 1. The van der Waals surface area contributed by atoms with Crippen LogP contribution in [0.15, 0.2) is 36.8 Å². The van der Waals surface area contributed by atoms with Crippen LogP contribution >= 0.6 is 0 Å². The van der Waals surface area contributed by atoms with Crippen LogP contribution in [0.3, 0.4) is 0 Å². The van der Waals surface area contributed by atoms with E-state index in [0.29, 0.717) is 29.4 Å². The Labute approximate surface area is 176 Å². The minimum absolute atomic E-state index is 0.110. The Morgan fingerprint density at radius 3 is 2.77 bits per heavy atom. The van der Waals surface area contributed by atoms with Gasteiger partial charge in [-0.25, -0.2) is 4.39 Å². The number of benzene rings is 1. The zero-order valence-electron chi connectivity index (χ0n) is 16.8. The van der Waals surface area contributed by atoms with Crippen molar-refractivity contribution < 1.29 is 18.8 Å². The summed E-state index contributed by atoms with van der Waals surface area (Å²) >= 11 is 0. The lowest BCUT2D eigenvalue weighted by atomic mass is 9.89. The molecule has 1 fully saturated rings. The van der Waals surface area contributed by atoms with E-state index in [2.05, 4.69) is 20.5 Å². The van der Waals surface area contributed by atoms with Gasteiger partial charge in [-0.1, -0.05) is 6.92 Å². The molecule has 10 heteroatoms. The van der Waals surface area contributed by atoms with Gasteiger partial charge in [0.1, 0.15) is 11.3 Å². The number of carbonyl (C=O) groups is 3. The Morgan fingerprint density at radius 1 is 1.19 bits per heavy atom. The number of nitrogens with one attached hydrogen (secondary N) is 2. The Bertz CT molecular complexity index is 1180. The van der Waals surface area contributed by atoms with Gasteiger partial charge in [-0.3, -0.25) is 24.5 Å². The van der Waals surface area contributed by atoms with Crippen molar-refractivity contribution in [2.45, 2.75) is 25.8 Å². The molecule has 0 bridgehead atoms. The predicted molar refractivity (Wildman–Crippen MR) is 110 cm³/mol. The van der Waals surface area contributed by atoms with Gasteiger partial charge in [0.05, 0.1) is 29.7 Å². The van der Waals surface area contributed by atoms with Crippen molar-refractivity contribution >= 4 is 34.3 Å². The Balaban J connectivity index is 1.59. The molecule has 31 heavy (non-hydrogen) atoms. The van der Waals surface area contributed by atoms with Gasteiger partial charge in [0, 0.05) is 18.1 Å². The van der Waals surface area contributed by atoms with Crippen molar-refractivity contribution in [3.63, 3.8) is 0 Å². The van der Waals surface area contributed by atoms with E-state index in [1.807, 2.05) is 6.92 Å². The molecule has 160 valence electrons. The summed E-state index contributed by atoms with van der Waals surface area (Å²) in [4.78, 5) is 42.3. The predicted octanol–water partition coefficient (Wildman–Crippen LogP) is 2.13. The highest BCUT2D eigenvalue weighted by Crippen LogP contribution is 2.35. The molecule has 1 aliphatic rings. The van der Waals surface area contributed by atoms with Crippen LogP contribution in [-0.2, 0) is 9.59 Å². The monoisotopic (exact) mass is 424 g/mol. The zero-order valence-corrected chi connectivity index (χ0v) is 16.8. The number of aromatic nitrogens is 3. The second-order valence-corrected chi connectivity index (χ2v) is 7.77. The number of amides is 3. The van der Waals surface area contributed by atoms with E-state index in [-0.39, 0.29) is 17.2 Å². The first kappa shape index (κ1) is 20.5. The number of likely N-dealkylation sites (tertiary alicyclic amines) is 1. The minimum Gasteiger partial charge on any atom is -0.366 e. The quantitative estimate of drug-likeness (QED) is 0.554. The van der Waals surface area contributed by atoms with Crippen molar-refractivity contribution in [3.8, 4) is 0 Å². The number of hydrogen-bond acceptors (Lipinski definition) is 5. The van der Waals surface area contributed by atoms with Gasteiger partial charge in [0.2, 0.25) is 5.91 Å². The second kappa shape index (κ2) is 8.13. The van der Waals surface area contributed by atoms with E-state index in [9.17, 15) is 18.8 Å². The largest absolute Gasteiger partial charge is 0.366 e. The molecule has 2 aromatic heterocycles. The topological polar surface area (TPSA) is 134 Å². The molecule has 9 nitrogen and oxygen atoms in total. The number of halogens is 1. The minimum atomic E-state index is -0.868. The van der Waals surface area contributed by atoms with E-state index in [4.69, 9.17) is 5.73 Å². The maximum Gasteiger partial charge on any atom is 0.313 e. The number of fused-ring (bicyclic) bond motifs is 1.